The van der Waals surface area contributed by atoms with Crippen LogP contribution in [0, 0.1) is 0 Å². The first-order chi connectivity index (χ1) is 11.1. The number of para-hydroxylation sites is 1. The minimum Gasteiger partial charge on any atom is -0.398 e. The third kappa shape index (κ3) is 2.96. The first-order valence-corrected chi connectivity index (χ1v) is 7.77. The highest BCUT2D eigenvalue weighted by Crippen LogP contribution is 2.26. The van der Waals surface area contributed by atoms with E-state index in [0.29, 0.717) is 0 Å². The summed E-state index contributed by atoms with van der Waals surface area (Å²) in [5.41, 5.74) is 16.2. The zero-order chi connectivity index (χ0) is 16.4. The maximum atomic E-state index is 6.28. The van der Waals surface area contributed by atoms with Crippen molar-refractivity contribution >= 4 is 28.7 Å². The number of fused-ring (bicyclic) bond motifs is 1. The molecule has 3 nitrogen and oxygen atoms in total. The fraction of sp³-hybridized carbons (Fsp3) is 0.150. The van der Waals surface area contributed by atoms with Crippen LogP contribution in [0.1, 0.15) is 13.8 Å². The number of pyridine rings is 1. The van der Waals surface area contributed by atoms with Gasteiger partial charge >= 0.3 is 0 Å². The Kier molecular flexibility index (Phi) is 4.13. The minimum atomic E-state index is -0.0301. The Morgan fingerprint density at radius 2 is 1.91 bits per heavy atom. The smallest absolute Gasteiger partial charge is 0.0708 e. The second-order valence-corrected chi connectivity index (χ2v) is 5.76. The van der Waals surface area contributed by atoms with E-state index in [1.807, 2.05) is 62.5 Å². The molecule has 0 aliphatic rings. The van der Waals surface area contributed by atoms with Crippen LogP contribution in [-0.2, 0) is 0 Å². The molecule has 2 aromatic carbocycles. The second kappa shape index (κ2) is 6.23. The third-order valence-electron chi connectivity index (χ3n) is 3.94. The maximum Gasteiger partial charge on any atom is 0.0708 e. The number of nitrogen functional groups attached to an aromatic ring is 1. The quantitative estimate of drug-likeness (QED) is 0.715. The van der Waals surface area contributed by atoms with Crippen LogP contribution in [0.3, 0.4) is 0 Å². The lowest BCUT2D eigenvalue weighted by Crippen LogP contribution is -2.30. The van der Waals surface area contributed by atoms with Gasteiger partial charge in [-0.3, -0.25) is 4.98 Å². The van der Waals surface area contributed by atoms with Gasteiger partial charge in [0.2, 0.25) is 0 Å². The molecule has 0 bridgehead atoms. The van der Waals surface area contributed by atoms with Gasteiger partial charge in [-0.15, -0.1) is 0 Å². The van der Waals surface area contributed by atoms with Gasteiger partial charge in [-0.1, -0.05) is 30.4 Å². The van der Waals surface area contributed by atoms with Crippen LogP contribution in [0.15, 0.2) is 48.7 Å². The van der Waals surface area contributed by atoms with E-state index >= 15 is 0 Å². The Hall–Kier alpha value is -2.65. The van der Waals surface area contributed by atoms with E-state index in [0.717, 1.165) is 38.2 Å². The first kappa shape index (κ1) is 15.3. The van der Waals surface area contributed by atoms with Crippen molar-refractivity contribution in [3.63, 3.8) is 0 Å². The second-order valence-electron chi connectivity index (χ2n) is 5.76. The normalized spacial score (nSPS) is 14.4. The van der Waals surface area contributed by atoms with Gasteiger partial charge in [0.1, 0.15) is 0 Å². The summed E-state index contributed by atoms with van der Waals surface area (Å²) >= 11 is 0. The topological polar surface area (TPSA) is 64.9 Å². The molecule has 1 unspecified atom stereocenters. The van der Waals surface area contributed by atoms with Crippen LogP contribution in [-0.4, -0.2) is 11.0 Å². The molecule has 0 aliphatic carbocycles. The maximum absolute atomic E-state index is 6.28. The number of nitrogens with two attached hydrogens (primary N) is 2. The molecule has 3 heteroatoms. The predicted octanol–water partition coefficient (Wildman–Crippen LogP) is 2.41. The van der Waals surface area contributed by atoms with E-state index in [2.05, 4.69) is 17.1 Å². The zero-order valence-electron chi connectivity index (χ0n) is 13.5. The molecule has 4 N–H and O–H groups in total. The number of hydrogen-bond donors (Lipinski definition) is 2. The fourth-order valence-electron chi connectivity index (χ4n) is 2.96. The number of anilines is 1. The van der Waals surface area contributed by atoms with Crippen LogP contribution >= 0.6 is 0 Å². The largest absolute Gasteiger partial charge is 0.398 e. The Morgan fingerprint density at radius 3 is 2.65 bits per heavy atom. The number of benzene rings is 2. The van der Waals surface area contributed by atoms with E-state index in [1.165, 1.54) is 0 Å². The van der Waals surface area contributed by atoms with Gasteiger partial charge in [-0.05, 0) is 54.5 Å². The Morgan fingerprint density at radius 1 is 1.13 bits per heavy atom. The number of nitrogens with zero attached hydrogens (tertiary/aromatic N) is 1. The average molecular weight is 303 g/mol. The molecule has 0 saturated heterocycles. The minimum absolute atomic E-state index is 0.0301. The monoisotopic (exact) mass is 303 g/mol. The van der Waals surface area contributed by atoms with Gasteiger partial charge in [0.05, 0.1) is 5.52 Å². The predicted molar refractivity (Wildman–Crippen MR) is 99.1 cm³/mol. The van der Waals surface area contributed by atoms with Crippen molar-refractivity contribution in [1.29, 1.82) is 0 Å². The van der Waals surface area contributed by atoms with Gasteiger partial charge < -0.3 is 11.5 Å². The van der Waals surface area contributed by atoms with Gasteiger partial charge in [-0.25, -0.2) is 0 Å². The molecule has 23 heavy (non-hydrogen) atoms. The average Bonchev–Trinajstić information content (AvgIpc) is 2.53. The van der Waals surface area contributed by atoms with Gasteiger partial charge in [0.15, 0.2) is 0 Å². The molecule has 0 aliphatic heterocycles. The van der Waals surface area contributed by atoms with Crippen molar-refractivity contribution in [2.45, 2.75) is 19.9 Å². The Balaban J connectivity index is 2.35. The summed E-state index contributed by atoms with van der Waals surface area (Å²) < 4.78 is 0. The molecule has 0 fully saturated rings. The molecule has 0 saturated carbocycles. The third-order valence-corrected chi connectivity index (χ3v) is 3.94. The lowest BCUT2D eigenvalue weighted by molar-refractivity contribution is 0.971. The Labute approximate surface area is 136 Å². The lowest BCUT2D eigenvalue weighted by Gasteiger charge is -2.09. The molecule has 3 rings (SSSR count). The molecule has 0 radical (unpaired) electrons. The molecular weight excluding hydrogens is 282 g/mol. The molecule has 1 aromatic heterocycles. The van der Waals surface area contributed by atoms with Crippen LogP contribution in [0.4, 0.5) is 5.69 Å². The van der Waals surface area contributed by atoms with Crippen LogP contribution in [0.5, 0.6) is 0 Å². The summed E-state index contributed by atoms with van der Waals surface area (Å²) in [5, 5.41) is 3.22. The highest BCUT2D eigenvalue weighted by atomic mass is 14.6. The van der Waals surface area contributed by atoms with E-state index in [9.17, 15) is 0 Å². The van der Waals surface area contributed by atoms with Crippen molar-refractivity contribution in [3.05, 3.63) is 59.1 Å². The standard InChI is InChI=1S/C20H21N3/c1-3-16-14(10-13(2)21)11-15(12-19(16)22)17-8-9-23-20-7-5-4-6-18(17)20/h3-13H,21-22H2,1-2H3/b14-10-,16-3+. The number of hydrogen-bond acceptors (Lipinski definition) is 3. The van der Waals surface area contributed by atoms with Crippen molar-refractivity contribution in [2.24, 2.45) is 5.73 Å². The van der Waals surface area contributed by atoms with Gasteiger partial charge in [-0.2, -0.15) is 0 Å². The first-order valence-electron chi connectivity index (χ1n) is 7.77. The summed E-state index contributed by atoms with van der Waals surface area (Å²) in [6, 6.07) is 14.3. The molecular formula is C20H21N3. The zero-order valence-corrected chi connectivity index (χ0v) is 13.5. The highest BCUT2D eigenvalue weighted by molar-refractivity contribution is 5.94. The fourth-order valence-corrected chi connectivity index (χ4v) is 2.96. The van der Waals surface area contributed by atoms with Crippen molar-refractivity contribution in [1.82, 2.24) is 4.98 Å². The van der Waals surface area contributed by atoms with E-state index < -0.39 is 0 Å². The lowest BCUT2D eigenvalue weighted by atomic mass is 9.98. The Bertz CT molecular complexity index is 967. The van der Waals surface area contributed by atoms with E-state index in [1.54, 1.807) is 0 Å². The number of aromatic nitrogens is 1. The number of rotatable bonds is 2. The summed E-state index contributed by atoms with van der Waals surface area (Å²) in [6.07, 6.45) is 5.90. The van der Waals surface area contributed by atoms with E-state index in [4.69, 9.17) is 11.5 Å². The van der Waals surface area contributed by atoms with Crippen LogP contribution in [0.25, 0.3) is 34.2 Å². The summed E-state index contributed by atoms with van der Waals surface area (Å²) in [4.78, 5) is 4.43. The van der Waals surface area contributed by atoms with Crippen molar-refractivity contribution in [3.8, 4) is 11.1 Å². The molecule has 0 spiro atoms. The molecule has 3 aromatic rings. The van der Waals surface area contributed by atoms with Gasteiger partial charge in [0.25, 0.3) is 0 Å². The van der Waals surface area contributed by atoms with Gasteiger partial charge in [0, 0.05) is 28.5 Å². The summed E-state index contributed by atoms with van der Waals surface area (Å²) in [7, 11) is 0. The van der Waals surface area contributed by atoms with Crippen LogP contribution in [0.2, 0.25) is 0 Å². The van der Waals surface area contributed by atoms with Crippen LogP contribution < -0.4 is 21.9 Å². The molecule has 1 atom stereocenters. The highest BCUT2D eigenvalue weighted by Gasteiger charge is 2.06. The van der Waals surface area contributed by atoms with Crippen molar-refractivity contribution in [2.75, 3.05) is 5.73 Å². The van der Waals surface area contributed by atoms with Crippen molar-refractivity contribution < 1.29 is 0 Å². The molecule has 116 valence electrons. The molecule has 1 heterocycles. The summed E-state index contributed by atoms with van der Waals surface area (Å²) in [6.45, 7) is 3.95. The van der Waals surface area contributed by atoms with E-state index in [-0.39, 0.29) is 6.04 Å². The summed E-state index contributed by atoms with van der Waals surface area (Å²) in [5.74, 6) is 0. The SMILES string of the molecule is C/C=c1/c(N)cc(-c2ccnc3ccccc23)c/c1=C/C(C)N. The molecule has 0 amide bonds.